The highest BCUT2D eigenvalue weighted by Gasteiger charge is 2.08. The first-order valence-corrected chi connectivity index (χ1v) is 11.6. The molecule has 0 radical (unpaired) electrons. The average Bonchev–Trinajstić information content (AvgIpc) is 3.21. The summed E-state index contributed by atoms with van der Waals surface area (Å²) in [5.74, 6) is 0.342. The molecule has 4 aromatic rings. The van der Waals surface area contributed by atoms with Crippen LogP contribution in [-0.4, -0.2) is 22.6 Å². The number of nitrogens with one attached hydrogen (secondary N) is 2. The number of nitrogens with zero attached hydrogens (tertiary/aromatic N) is 1. The van der Waals surface area contributed by atoms with Gasteiger partial charge in [-0.15, -0.1) is 11.3 Å². The molecule has 0 atom stereocenters. The predicted molar refractivity (Wildman–Crippen MR) is 135 cm³/mol. The molecule has 162 valence electrons. The third kappa shape index (κ3) is 5.90. The Hall–Kier alpha value is -3.29. The molecular formula is C25H23N3O2S2. The van der Waals surface area contributed by atoms with Gasteiger partial charge in [0.2, 0.25) is 0 Å². The summed E-state index contributed by atoms with van der Waals surface area (Å²) < 4.78 is 6.71. The van der Waals surface area contributed by atoms with Crippen molar-refractivity contribution in [1.29, 1.82) is 0 Å². The number of fused-ring (bicyclic) bond motifs is 1. The summed E-state index contributed by atoms with van der Waals surface area (Å²) in [5, 5.41) is 6.99. The van der Waals surface area contributed by atoms with Crippen LogP contribution in [0.5, 0.6) is 5.75 Å². The fourth-order valence-electron chi connectivity index (χ4n) is 3.17. The molecule has 0 unspecified atom stereocenters. The number of amides is 1. The lowest BCUT2D eigenvalue weighted by atomic mass is 10.1. The normalized spacial score (nSPS) is 10.7. The minimum Gasteiger partial charge on any atom is -0.484 e. The van der Waals surface area contributed by atoms with Gasteiger partial charge in [0.1, 0.15) is 5.75 Å². The third-order valence-corrected chi connectivity index (χ3v) is 6.10. The fourth-order valence-corrected chi connectivity index (χ4v) is 4.40. The van der Waals surface area contributed by atoms with Crippen molar-refractivity contribution < 1.29 is 9.53 Å². The van der Waals surface area contributed by atoms with Crippen molar-refractivity contribution in [3.8, 4) is 5.75 Å². The topological polar surface area (TPSA) is 63.2 Å². The van der Waals surface area contributed by atoms with Crippen LogP contribution in [0.1, 0.15) is 23.1 Å². The maximum atomic E-state index is 12.1. The summed E-state index contributed by atoms with van der Waals surface area (Å²) in [4.78, 5) is 16.8. The number of aromatic nitrogens is 1. The maximum Gasteiger partial charge on any atom is 0.264 e. The summed E-state index contributed by atoms with van der Waals surface area (Å²) in [6.07, 6.45) is 1.74. The lowest BCUT2D eigenvalue weighted by Crippen LogP contribution is -2.37. The number of benzene rings is 3. The lowest BCUT2D eigenvalue weighted by Gasteiger charge is -2.11. The van der Waals surface area contributed by atoms with Crippen LogP contribution in [0.25, 0.3) is 10.2 Å². The van der Waals surface area contributed by atoms with Crippen LogP contribution in [0.3, 0.4) is 0 Å². The minimum absolute atomic E-state index is 0.103. The molecule has 3 aromatic carbocycles. The third-order valence-electron chi connectivity index (χ3n) is 4.86. The number of hydrogen-bond acceptors (Lipinski definition) is 5. The fraction of sp³-hybridized carbons (Fsp3) is 0.160. The van der Waals surface area contributed by atoms with E-state index in [-0.39, 0.29) is 17.6 Å². The number of thiazole rings is 1. The van der Waals surface area contributed by atoms with Gasteiger partial charge in [-0.05, 0) is 66.2 Å². The van der Waals surface area contributed by atoms with E-state index in [0.717, 1.165) is 34.6 Å². The average molecular weight is 462 g/mol. The number of para-hydroxylation sites is 1. The predicted octanol–water partition coefficient (Wildman–Crippen LogP) is 5.34. The highest BCUT2D eigenvalue weighted by atomic mass is 32.1. The van der Waals surface area contributed by atoms with Crippen molar-refractivity contribution in [3.05, 3.63) is 88.9 Å². The number of hydrogen-bond donors (Lipinski definition) is 2. The van der Waals surface area contributed by atoms with E-state index in [0.29, 0.717) is 5.75 Å². The smallest absolute Gasteiger partial charge is 0.264 e. The second-order valence-electron chi connectivity index (χ2n) is 7.24. The first-order valence-electron chi connectivity index (χ1n) is 10.3. The number of aryl methyl sites for hydroxylation is 1. The van der Waals surface area contributed by atoms with Gasteiger partial charge in [-0.3, -0.25) is 10.1 Å². The Morgan fingerprint density at radius 2 is 1.72 bits per heavy atom. The van der Waals surface area contributed by atoms with E-state index in [4.69, 9.17) is 17.0 Å². The van der Waals surface area contributed by atoms with E-state index in [2.05, 4.69) is 28.6 Å². The molecule has 5 nitrogen and oxygen atoms in total. The molecule has 0 saturated carbocycles. The van der Waals surface area contributed by atoms with Crippen molar-refractivity contribution in [2.24, 2.45) is 0 Å². The molecule has 4 rings (SSSR count). The van der Waals surface area contributed by atoms with Gasteiger partial charge in [0.25, 0.3) is 5.91 Å². The van der Waals surface area contributed by atoms with Crippen molar-refractivity contribution in [1.82, 2.24) is 10.3 Å². The summed E-state index contributed by atoms with van der Waals surface area (Å²) in [6.45, 7) is 1.99. The Morgan fingerprint density at radius 3 is 2.44 bits per heavy atom. The van der Waals surface area contributed by atoms with Crippen molar-refractivity contribution in [2.75, 3.05) is 11.9 Å². The zero-order valence-electron chi connectivity index (χ0n) is 17.6. The first-order chi connectivity index (χ1) is 15.6. The molecular weight excluding hydrogens is 438 g/mol. The van der Waals surface area contributed by atoms with Crippen LogP contribution in [0.4, 0.5) is 5.69 Å². The Balaban J connectivity index is 1.25. The molecule has 0 fully saturated rings. The SMILES string of the molecule is CCc1ccc(OCC(=O)NC(=S)Nc2ccc(Cc3nc4ccccc4s3)cc2)cc1. The highest BCUT2D eigenvalue weighted by Crippen LogP contribution is 2.24. The molecule has 1 amide bonds. The van der Waals surface area contributed by atoms with E-state index in [1.807, 2.05) is 66.7 Å². The molecule has 0 spiro atoms. The summed E-state index contributed by atoms with van der Waals surface area (Å²) >= 11 is 6.96. The molecule has 0 saturated heterocycles. The Labute approximate surface area is 196 Å². The maximum absolute atomic E-state index is 12.1. The second kappa shape index (κ2) is 10.3. The van der Waals surface area contributed by atoms with Crippen LogP contribution in [0.2, 0.25) is 0 Å². The summed E-state index contributed by atoms with van der Waals surface area (Å²) in [7, 11) is 0. The largest absolute Gasteiger partial charge is 0.484 e. The molecule has 0 aliphatic rings. The van der Waals surface area contributed by atoms with E-state index in [9.17, 15) is 4.79 Å². The Bertz CT molecular complexity index is 1190. The van der Waals surface area contributed by atoms with Gasteiger partial charge in [0.15, 0.2) is 11.7 Å². The number of carbonyl (C=O) groups is 1. The standard InChI is InChI=1S/C25H23N3O2S2/c1-2-17-9-13-20(14-10-17)30-16-23(29)28-25(31)26-19-11-7-18(8-12-19)15-24-27-21-5-3-4-6-22(21)32-24/h3-14H,2,15-16H2,1H3,(H2,26,28,29,31). The van der Waals surface area contributed by atoms with E-state index < -0.39 is 0 Å². The zero-order chi connectivity index (χ0) is 22.3. The molecule has 7 heteroatoms. The number of thiocarbonyl (C=S) groups is 1. The van der Waals surface area contributed by atoms with Gasteiger partial charge in [-0.2, -0.15) is 0 Å². The summed E-state index contributed by atoms with van der Waals surface area (Å²) in [5.41, 5.74) is 4.22. The van der Waals surface area contributed by atoms with E-state index >= 15 is 0 Å². The van der Waals surface area contributed by atoms with Crippen molar-refractivity contribution in [3.63, 3.8) is 0 Å². The molecule has 1 aromatic heterocycles. The van der Waals surface area contributed by atoms with Crippen LogP contribution < -0.4 is 15.4 Å². The van der Waals surface area contributed by atoms with Gasteiger partial charge < -0.3 is 10.1 Å². The van der Waals surface area contributed by atoms with Crippen LogP contribution in [0.15, 0.2) is 72.8 Å². The van der Waals surface area contributed by atoms with Crippen LogP contribution in [0, 0.1) is 0 Å². The monoisotopic (exact) mass is 461 g/mol. The van der Waals surface area contributed by atoms with Gasteiger partial charge in [0.05, 0.1) is 15.2 Å². The number of rotatable bonds is 7. The van der Waals surface area contributed by atoms with Gasteiger partial charge in [0, 0.05) is 12.1 Å². The number of ether oxygens (including phenoxy) is 1. The van der Waals surface area contributed by atoms with E-state index in [1.165, 1.54) is 10.3 Å². The zero-order valence-corrected chi connectivity index (χ0v) is 19.3. The quantitative estimate of drug-likeness (QED) is 0.364. The number of anilines is 1. The van der Waals surface area contributed by atoms with Crippen molar-refractivity contribution in [2.45, 2.75) is 19.8 Å². The molecule has 1 heterocycles. The number of carbonyl (C=O) groups excluding carboxylic acids is 1. The molecule has 0 bridgehead atoms. The van der Waals surface area contributed by atoms with Crippen LogP contribution >= 0.6 is 23.6 Å². The molecule has 0 aliphatic carbocycles. The lowest BCUT2D eigenvalue weighted by molar-refractivity contribution is -0.121. The highest BCUT2D eigenvalue weighted by molar-refractivity contribution is 7.80. The first kappa shape index (κ1) is 21.9. The van der Waals surface area contributed by atoms with E-state index in [1.54, 1.807) is 11.3 Å². The Kier molecular flexibility index (Phi) is 7.09. The second-order valence-corrected chi connectivity index (χ2v) is 8.76. The molecule has 0 aliphatic heterocycles. The van der Waals surface area contributed by atoms with Crippen LogP contribution in [-0.2, 0) is 17.6 Å². The van der Waals surface area contributed by atoms with Gasteiger partial charge >= 0.3 is 0 Å². The van der Waals surface area contributed by atoms with Crippen molar-refractivity contribution >= 4 is 50.5 Å². The minimum atomic E-state index is -0.311. The van der Waals surface area contributed by atoms with Gasteiger partial charge in [-0.25, -0.2) is 4.98 Å². The summed E-state index contributed by atoms with van der Waals surface area (Å²) in [6, 6.07) is 23.8. The molecule has 32 heavy (non-hydrogen) atoms. The Morgan fingerprint density at radius 1 is 1.00 bits per heavy atom. The molecule has 2 N–H and O–H groups in total. The van der Waals surface area contributed by atoms with Gasteiger partial charge in [-0.1, -0.05) is 43.3 Å².